The van der Waals surface area contributed by atoms with Crippen LogP contribution in [-0.4, -0.2) is 6.54 Å². The predicted molar refractivity (Wildman–Crippen MR) is 77.7 cm³/mol. The van der Waals surface area contributed by atoms with E-state index in [2.05, 4.69) is 15.9 Å². The molecule has 2 aromatic rings. The fourth-order valence-electron chi connectivity index (χ4n) is 1.81. The smallest absolute Gasteiger partial charge is 0.136 e. The Kier molecular flexibility index (Phi) is 4.39. The topological polar surface area (TPSA) is 35.2 Å². The molecule has 0 saturated carbocycles. The molecule has 94 valence electrons. The van der Waals surface area contributed by atoms with Gasteiger partial charge in [0.1, 0.15) is 11.9 Å². The molecule has 18 heavy (non-hydrogen) atoms. The second-order valence-electron chi connectivity index (χ2n) is 4.21. The van der Waals surface area contributed by atoms with Crippen molar-refractivity contribution < 1.29 is 4.74 Å². The van der Waals surface area contributed by atoms with Crippen LogP contribution in [0.25, 0.3) is 0 Å². The monoisotopic (exact) mass is 305 g/mol. The van der Waals surface area contributed by atoms with Crippen molar-refractivity contribution in [2.75, 3.05) is 6.54 Å². The van der Waals surface area contributed by atoms with Crippen LogP contribution in [0, 0.1) is 6.92 Å². The summed E-state index contributed by atoms with van der Waals surface area (Å²) >= 11 is 3.46. The minimum absolute atomic E-state index is 0.121. The third-order valence-electron chi connectivity index (χ3n) is 2.70. The van der Waals surface area contributed by atoms with Gasteiger partial charge in [0, 0.05) is 11.0 Å². The molecule has 2 N–H and O–H groups in total. The molecule has 2 rings (SSSR count). The van der Waals surface area contributed by atoms with Gasteiger partial charge < -0.3 is 10.5 Å². The third-order valence-corrected chi connectivity index (χ3v) is 3.20. The molecule has 2 aromatic carbocycles. The van der Waals surface area contributed by atoms with Crippen molar-refractivity contribution in [3.63, 3.8) is 0 Å². The molecular formula is C15H16BrNO. The standard InChI is InChI=1S/C15H16BrNO/c1-11-4-2-7-14(8-11)18-15(10-17)12-5-3-6-13(16)9-12/h2-9,15H,10,17H2,1H3. The van der Waals surface area contributed by atoms with Gasteiger partial charge in [0.25, 0.3) is 0 Å². The van der Waals surface area contributed by atoms with Crippen molar-refractivity contribution in [2.45, 2.75) is 13.0 Å². The normalized spacial score (nSPS) is 12.2. The van der Waals surface area contributed by atoms with Crippen LogP contribution >= 0.6 is 15.9 Å². The summed E-state index contributed by atoms with van der Waals surface area (Å²) in [7, 11) is 0. The summed E-state index contributed by atoms with van der Waals surface area (Å²) in [6.45, 7) is 2.49. The van der Waals surface area contributed by atoms with E-state index < -0.39 is 0 Å². The van der Waals surface area contributed by atoms with E-state index in [4.69, 9.17) is 10.5 Å². The van der Waals surface area contributed by atoms with Gasteiger partial charge in [0.05, 0.1) is 0 Å². The van der Waals surface area contributed by atoms with E-state index in [0.717, 1.165) is 15.8 Å². The maximum absolute atomic E-state index is 5.94. The second-order valence-corrected chi connectivity index (χ2v) is 5.13. The highest BCUT2D eigenvalue weighted by molar-refractivity contribution is 9.10. The highest BCUT2D eigenvalue weighted by Crippen LogP contribution is 2.24. The SMILES string of the molecule is Cc1cccc(OC(CN)c2cccc(Br)c2)c1. The van der Waals surface area contributed by atoms with Gasteiger partial charge in [-0.25, -0.2) is 0 Å². The first-order chi connectivity index (χ1) is 8.69. The highest BCUT2D eigenvalue weighted by Gasteiger charge is 2.11. The van der Waals surface area contributed by atoms with Crippen LogP contribution in [0.3, 0.4) is 0 Å². The van der Waals surface area contributed by atoms with E-state index >= 15 is 0 Å². The van der Waals surface area contributed by atoms with Gasteiger partial charge in [-0.15, -0.1) is 0 Å². The first-order valence-electron chi connectivity index (χ1n) is 5.88. The van der Waals surface area contributed by atoms with E-state index in [1.807, 2.05) is 55.5 Å². The van der Waals surface area contributed by atoms with E-state index in [-0.39, 0.29) is 6.10 Å². The molecule has 3 heteroatoms. The molecule has 0 aliphatic heterocycles. The van der Waals surface area contributed by atoms with Crippen LogP contribution in [0.4, 0.5) is 0 Å². The van der Waals surface area contributed by atoms with Gasteiger partial charge in [-0.1, -0.05) is 40.2 Å². The Hall–Kier alpha value is -1.32. The zero-order valence-electron chi connectivity index (χ0n) is 10.3. The molecule has 0 heterocycles. The van der Waals surface area contributed by atoms with Gasteiger partial charge >= 0.3 is 0 Å². The summed E-state index contributed by atoms with van der Waals surface area (Å²) in [4.78, 5) is 0. The second kappa shape index (κ2) is 6.03. The fraction of sp³-hybridized carbons (Fsp3) is 0.200. The molecule has 0 aromatic heterocycles. The number of rotatable bonds is 4. The maximum Gasteiger partial charge on any atom is 0.136 e. The lowest BCUT2D eigenvalue weighted by molar-refractivity contribution is 0.214. The number of ether oxygens (including phenoxy) is 1. The van der Waals surface area contributed by atoms with E-state index in [0.29, 0.717) is 6.54 Å². The zero-order chi connectivity index (χ0) is 13.0. The molecule has 0 aliphatic rings. The molecule has 0 radical (unpaired) electrons. The molecule has 0 bridgehead atoms. The Labute approximate surface area is 116 Å². The molecule has 0 fully saturated rings. The van der Waals surface area contributed by atoms with Crippen LogP contribution in [0.15, 0.2) is 53.0 Å². The van der Waals surface area contributed by atoms with Crippen LogP contribution in [0.1, 0.15) is 17.2 Å². The molecule has 0 aliphatic carbocycles. The van der Waals surface area contributed by atoms with Gasteiger partial charge in [-0.05, 0) is 42.3 Å². The predicted octanol–water partition coefficient (Wildman–Crippen LogP) is 3.84. The Bertz CT molecular complexity index is 527. The third kappa shape index (κ3) is 3.34. The van der Waals surface area contributed by atoms with E-state index in [1.165, 1.54) is 5.56 Å². The molecule has 2 nitrogen and oxygen atoms in total. The summed E-state index contributed by atoms with van der Waals surface area (Å²) in [6, 6.07) is 16.0. The number of nitrogens with two attached hydrogens (primary N) is 1. The van der Waals surface area contributed by atoms with Crippen LogP contribution in [-0.2, 0) is 0 Å². The van der Waals surface area contributed by atoms with Crippen molar-refractivity contribution in [2.24, 2.45) is 5.73 Å². The Balaban J connectivity index is 2.19. The summed E-state index contributed by atoms with van der Waals surface area (Å²) in [5.41, 5.74) is 8.06. The maximum atomic E-state index is 5.94. The number of hydrogen-bond acceptors (Lipinski definition) is 2. The van der Waals surface area contributed by atoms with Crippen LogP contribution in [0.2, 0.25) is 0 Å². The number of hydrogen-bond donors (Lipinski definition) is 1. The van der Waals surface area contributed by atoms with Gasteiger partial charge in [0.2, 0.25) is 0 Å². The zero-order valence-corrected chi connectivity index (χ0v) is 11.9. The lowest BCUT2D eigenvalue weighted by Gasteiger charge is -2.18. The number of halogens is 1. The molecular weight excluding hydrogens is 290 g/mol. The molecule has 0 amide bonds. The van der Waals surface area contributed by atoms with E-state index in [1.54, 1.807) is 0 Å². The van der Waals surface area contributed by atoms with Gasteiger partial charge in [0.15, 0.2) is 0 Å². The summed E-state index contributed by atoms with van der Waals surface area (Å²) in [5.74, 6) is 0.852. The fourth-order valence-corrected chi connectivity index (χ4v) is 2.23. The van der Waals surface area contributed by atoms with Crippen molar-refractivity contribution in [3.8, 4) is 5.75 Å². The first kappa shape index (κ1) is 13.1. The molecule has 1 atom stereocenters. The quantitative estimate of drug-likeness (QED) is 0.931. The number of benzene rings is 2. The van der Waals surface area contributed by atoms with Gasteiger partial charge in [-0.2, -0.15) is 0 Å². The van der Waals surface area contributed by atoms with Gasteiger partial charge in [-0.3, -0.25) is 0 Å². The van der Waals surface area contributed by atoms with Crippen molar-refractivity contribution in [1.29, 1.82) is 0 Å². The molecule has 0 saturated heterocycles. The molecule has 0 spiro atoms. The minimum Gasteiger partial charge on any atom is -0.484 e. The van der Waals surface area contributed by atoms with Crippen molar-refractivity contribution in [1.82, 2.24) is 0 Å². The Morgan fingerprint density at radius 3 is 2.61 bits per heavy atom. The van der Waals surface area contributed by atoms with E-state index in [9.17, 15) is 0 Å². The van der Waals surface area contributed by atoms with Crippen molar-refractivity contribution in [3.05, 3.63) is 64.1 Å². The molecule has 1 unspecified atom stereocenters. The first-order valence-corrected chi connectivity index (χ1v) is 6.67. The Morgan fingerprint density at radius 2 is 1.94 bits per heavy atom. The lowest BCUT2D eigenvalue weighted by Crippen LogP contribution is -2.18. The largest absolute Gasteiger partial charge is 0.484 e. The summed E-state index contributed by atoms with van der Waals surface area (Å²) in [5, 5.41) is 0. The Morgan fingerprint density at radius 1 is 1.17 bits per heavy atom. The average molecular weight is 306 g/mol. The minimum atomic E-state index is -0.121. The highest BCUT2D eigenvalue weighted by atomic mass is 79.9. The summed E-state index contributed by atoms with van der Waals surface area (Å²) < 4.78 is 6.97. The van der Waals surface area contributed by atoms with Crippen molar-refractivity contribution >= 4 is 15.9 Å². The lowest BCUT2D eigenvalue weighted by atomic mass is 10.1. The summed E-state index contributed by atoms with van der Waals surface area (Å²) in [6.07, 6.45) is -0.121. The number of aryl methyl sites for hydroxylation is 1. The average Bonchev–Trinajstić information content (AvgIpc) is 2.36. The van der Waals surface area contributed by atoms with Crippen LogP contribution < -0.4 is 10.5 Å². The van der Waals surface area contributed by atoms with Crippen LogP contribution in [0.5, 0.6) is 5.75 Å².